The summed E-state index contributed by atoms with van der Waals surface area (Å²) in [4.78, 5) is 11.7. The summed E-state index contributed by atoms with van der Waals surface area (Å²) in [7, 11) is 0. The van der Waals surface area contributed by atoms with Gasteiger partial charge in [0.1, 0.15) is 0 Å². The fourth-order valence-corrected chi connectivity index (χ4v) is 3.52. The zero-order chi connectivity index (χ0) is 14.4. The molecule has 108 valence electrons. The lowest BCUT2D eigenvalue weighted by Gasteiger charge is -2.38. The quantitative estimate of drug-likeness (QED) is 0.924. The number of aliphatic carboxylic acids is 1. The topological polar surface area (TPSA) is 80.9 Å². The molecule has 1 fully saturated rings. The van der Waals surface area contributed by atoms with Gasteiger partial charge in [0.15, 0.2) is 11.4 Å². The van der Waals surface area contributed by atoms with E-state index in [0.717, 1.165) is 19.3 Å². The Morgan fingerprint density at radius 1 is 1.24 bits per heavy atom. The van der Waals surface area contributed by atoms with Crippen molar-refractivity contribution in [3.05, 3.63) is 41.2 Å². The van der Waals surface area contributed by atoms with Crippen LogP contribution >= 0.6 is 0 Å². The molecule has 2 aliphatic rings. The van der Waals surface area contributed by atoms with Gasteiger partial charge in [-0.15, -0.1) is 5.10 Å². The summed E-state index contributed by atoms with van der Waals surface area (Å²) in [5.74, 6) is 0.0698. The SMILES string of the molecule is O=C(O)C1(n2nnnc2C2Cc3ccccc3C2)CCC1. The third-order valence-corrected chi connectivity index (χ3v) is 4.89. The lowest BCUT2D eigenvalue weighted by molar-refractivity contribution is -0.153. The van der Waals surface area contributed by atoms with Crippen molar-refractivity contribution in [3.8, 4) is 0 Å². The number of tetrazole rings is 1. The highest BCUT2D eigenvalue weighted by atomic mass is 16.4. The third-order valence-electron chi connectivity index (χ3n) is 4.89. The van der Waals surface area contributed by atoms with Crippen molar-refractivity contribution in [1.29, 1.82) is 0 Å². The molecule has 1 N–H and O–H groups in total. The van der Waals surface area contributed by atoms with E-state index in [4.69, 9.17) is 0 Å². The van der Waals surface area contributed by atoms with Gasteiger partial charge in [-0.25, -0.2) is 9.48 Å². The number of rotatable bonds is 3. The predicted octanol–water partition coefficient (Wildman–Crippen LogP) is 1.52. The smallest absolute Gasteiger partial charge is 0.331 e. The standard InChI is InChI=1S/C15H16N4O2/c20-14(21)15(6-3-7-15)19-13(16-17-18-19)12-8-10-4-1-2-5-11(10)9-12/h1-2,4-5,12H,3,6-9H2,(H,20,21). The minimum Gasteiger partial charge on any atom is -0.479 e. The molecule has 2 aromatic rings. The van der Waals surface area contributed by atoms with Crippen LogP contribution in [0.2, 0.25) is 0 Å². The Morgan fingerprint density at radius 2 is 1.90 bits per heavy atom. The molecule has 0 atom stereocenters. The van der Waals surface area contributed by atoms with E-state index in [0.29, 0.717) is 18.7 Å². The van der Waals surface area contributed by atoms with Crippen LogP contribution in [0.3, 0.4) is 0 Å². The van der Waals surface area contributed by atoms with E-state index in [1.54, 1.807) is 4.68 Å². The average molecular weight is 284 g/mol. The lowest BCUT2D eigenvalue weighted by atomic mass is 9.76. The van der Waals surface area contributed by atoms with Crippen molar-refractivity contribution in [3.63, 3.8) is 0 Å². The second-order valence-corrected chi connectivity index (χ2v) is 6.01. The molecule has 1 aromatic heterocycles. The number of hydrogen-bond acceptors (Lipinski definition) is 4. The molecule has 21 heavy (non-hydrogen) atoms. The second-order valence-electron chi connectivity index (χ2n) is 6.01. The summed E-state index contributed by atoms with van der Waals surface area (Å²) in [6.45, 7) is 0. The van der Waals surface area contributed by atoms with E-state index in [9.17, 15) is 9.90 Å². The molecule has 0 aliphatic heterocycles. The molecule has 2 aliphatic carbocycles. The van der Waals surface area contributed by atoms with Gasteiger partial charge in [0.2, 0.25) is 0 Å². The van der Waals surface area contributed by atoms with Crippen LogP contribution in [0.5, 0.6) is 0 Å². The number of benzene rings is 1. The van der Waals surface area contributed by atoms with Crippen molar-refractivity contribution in [2.24, 2.45) is 0 Å². The molecule has 0 radical (unpaired) electrons. The van der Waals surface area contributed by atoms with Gasteiger partial charge in [-0.1, -0.05) is 24.3 Å². The highest BCUT2D eigenvalue weighted by molar-refractivity contribution is 5.77. The maximum atomic E-state index is 11.7. The van der Waals surface area contributed by atoms with Crippen LogP contribution in [0.4, 0.5) is 0 Å². The van der Waals surface area contributed by atoms with Crippen molar-refractivity contribution < 1.29 is 9.90 Å². The first-order chi connectivity index (χ1) is 10.2. The fraction of sp³-hybridized carbons (Fsp3) is 0.467. The van der Waals surface area contributed by atoms with E-state index < -0.39 is 11.5 Å². The first-order valence-electron chi connectivity index (χ1n) is 7.30. The Hall–Kier alpha value is -2.24. The van der Waals surface area contributed by atoms with Gasteiger partial charge < -0.3 is 5.11 Å². The monoisotopic (exact) mass is 284 g/mol. The number of carboxylic acids is 1. The van der Waals surface area contributed by atoms with E-state index in [2.05, 4.69) is 27.7 Å². The summed E-state index contributed by atoms with van der Waals surface area (Å²) in [5.41, 5.74) is 1.71. The van der Waals surface area contributed by atoms with Gasteiger partial charge in [0.05, 0.1) is 0 Å². The summed E-state index contributed by atoms with van der Waals surface area (Å²) in [5, 5.41) is 21.5. The third kappa shape index (κ3) is 1.71. The molecule has 0 amide bonds. The van der Waals surface area contributed by atoms with Gasteiger partial charge in [-0.3, -0.25) is 0 Å². The van der Waals surface area contributed by atoms with Gasteiger partial charge in [0.25, 0.3) is 0 Å². The van der Waals surface area contributed by atoms with Crippen LogP contribution in [0.15, 0.2) is 24.3 Å². The molecule has 1 heterocycles. The van der Waals surface area contributed by atoms with E-state index in [1.165, 1.54) is 11.1 Å². The Kier molecular flexibility index (Phi) is 2.60. The number of aromatic nitrogens is 4. The number of hydrogen-bond donors (Lipinski definition) is 1. The van der Waals surface area contributed by atoms with Crippen LogP contribution in [0.1, 0.15) is 42.1 Å². The summed E-state index contributed by atoms with van der Waals surface area (Å²) < 4.78 is 1.58. The van der Waals surface area contributed by atoms with Crippen molar-refractivity contribution >= 4 is 5.97 Å². The van der Waals surface area contributed by atoms with Crippen LogP contribution in [-0.4, -0.2) is 31.3 Å². The Bertz CT molecular complexity index is 680. The van der Waals surface area contributed by atoms with Crippen LogP contribution in [0, 0.1) is 0 Å². The molecule has 6 heteroatoms. The largest absolute Gasteiger partial charge is 0.479 e. The molecule has 6 nitrogen and oxygen atoms in total. The molecule has 0 bridgehead atoms. The van der Waals surface area contributed by atoms with Gasteiger partial charge in [0, 0.05) is 5.92 Å². The molecular formula is C15H16N4O2. The normalized spacial score (nSPS) is 20.0. The van der Waals surface area contributed by atoms with Crippen molar-refractivity contribution in [1.82, 2.24) is 20.2 Å². The average Bonchev–Trinajstić information content (AvgIpc) is 3.02. The van der Waals surface area contributed by atoms with Crippen LogP contribution in [-0.2, 0) is 23.2 Å². The highest BCUT2D eigenvalue weighted by Gasteiger charge is 2.49. The Labute approximate surface area is 121 Å². The number of fused-ring (bicyclic) bond motifs is 1. The minimum absolute atomic E-state index is 0.175. The fourth-order valence-electron chi connectivity index (χ4n) is 3.52. The zero-order valence-electron chi connectivity index (χ0n) is 11.6. The first-order valence-corrected chi connectivity index (χ1v) is 7.30. The number of nitrogens with zero attached hydrogens (tertiary/aromatic N) is 4. The van der Waals surface area contributed by atoms with Crippen molar-refractivity contribution in [2.45, 2.75) is 43.6 Å². The molecule has 0 unspecified atom stereocenters. The van der Waals surface area contributed by atoms with E-state index >= 15 is 0 Å². The highest BCUT2D eigenvalue weighted by Crippen LogP contribution is 2.42. The minimum atomic E-state index is -0.923. The maximum absolute atomic E-state index is 11.7. The first kappa shape index (κ1) is 12.5. The number of carbonyl (C=O) groups is 1. The van der Waals surface area contributed by atoms with Crippen LogP contribution < -0.4 is 0 Å². The van der Waals surface area contributed by atoms with Gasteiger partial charge in [-0.2, -0.15) is 0 Å². The van der Waals surface area contributed by atoms with E-state index in [1.807, 2.05) is 12.1 Å². The molecule has 0 spiro atoms. The summed E-state index contributed by atoms with van der Waals surface area (Å²) >= 11 is 0. The molecule has 4 rings (SSSR count). The molecule has 1 aromatic carbocycles. The zero-order valence-corrected chi connectivity index (χ0v) is 11.6. The van der Waals surface area contributed by atoms with Gasteiger partial charge in [-0.05, 0) is 53.7 Å². The molecule has 1 saturated carbocycles. The Morgan fingerprint density at radius 3 is 2.43 bits per heavy atom. The Balaban J connectivity index is 1.70. The summed E-state index contributed by atoms with van der Waals surface area (Å²) in [6, 6.07) is 8.32. The molecular weight excluding hydrogens is 268 g/mol. The van der Waals surface area contributed by atoms with Gasteiger partial charge >= 0.3 is 5.97 Å². The van der Waals surface area contributed by atoms with Crippen molar-refractivity contribution in [2.75, 3.05) is 0 Å². The second kappa shape index (κ2) is 4.38. The number of carboxylic acid groups (broad SMARTS) is 1. The summed E-state index contributed by atoms with van der Waals surface area (Å²) in [6.07, 6.45) is 3.90. The predicted molar refractivity (Wildman–Crippen MR) is 73.9 cm³/mol. The van der Waals surface area contributed by atoms with Crippen LogP contribution in [0.25, 0.3) is 0 Å². The maximum Gasteiger partial charge on any atom is 0.331 e. The molecule has 0 saturated heterocycles. The lowest BCUT2D eigenvalue weighted by Crippen LogP contribution is -2.49. The van der Waals surface area contributed by atoms with E-state index in [-0.39, 0.29) is 5.92 Å².